The number of pyridine rings is 1. The number of hydrogen-bond acceptors (Lipinski definition) is 4. The maximum atomic E-state index is 13.7. The molecule has 1 aliphatic heterocycles. The van der Waals surface area contributed by atoms with Crippen LogP contribution >= 0.6 is 0 Å². The highest BCUT2D eigenvalue weighted by molar-refractivity contribution is 5.94. The lowest BCUT2D eigenvalue weighted by Gasteiger charge is -2.38. The molecular formula is C18H17FN4O2. The molecule has 1 N–H and O–H groups in total. The number of hydrogen-bond donors (Lipinski definition) is 1. The number of nitrogens with zero attached hydrogens (tertiary/aromatic N) is 3. The van der Waals surface area contributed by atoms with Crippen LogP contribution in [0, 0.1) is 5.82 Å². The van der Waals surface area contributed by atoms with E-state index in [1.165, 1.54) is 12.1 Å². The van der Waals surface area contributed by atoms with Crippen LogP contribution in [-0.4, -0.2) is 33.7 Å². The number of carbonyl (C=O) groups excluding carboxylic acids is 1. The summed E-state index contributed by atoms with van der Waals surface area (Å²) >= 11 is 0. The van der Waals surface area contributed by atoms with Crippen molar-refractivity contribution >= 4 is 11.6 Å². The molecule has 0 unspecified atom stereocenters. The van der Waals surface area contributed by atoms with Gasteiger partial charge in [-0.1, -0.05) is 12.1 Å². The average Bonchev–Trinajstić information content (AvgIpc) is 3.10. The van der Waals surface area contributed by atoms with Gasteiger partial charge in [-0.3, -0.25) is 9.20 Å². The summed E-state index contributed by atoms with van der Waals surface area (Å²) in [6.45, 7) is 1.03. The third-order valence-electron chi connectivity index (χ3n) is 4.63. The zero-order valence-corrected chi connectivity index (χ0v) is 13.5. The van der Waals surface area contributed by atoms with Gasteiger partial charge in [-0.2, -0.15) is 0 Å². The number of aromatic nitrogens is 3. The van der Waals surface area contributed by atoms with Gasteiger partial charge in [0.1, 0.15) is 12.1 Å². The molecule has 0 aliphatic carbocycles. The molecule has 6 nitrogen and oxygen atoms in total. The summed E-state index contributed by atoms with van der Waals surface area (Å²) in [5.74, 6) is -0.537. The molecule has 7 heteroatoms. The molecule has 2 aromatic heterocycles. The number of carbonyl (C=O) groups is 1. The number of ether oxygens (including phenoxy) is 1. The monoisotopic (exact) mass is 340 g/mol. The van der Waals surface area contributed by atoms with Gasteiger partial charge < -0.3 is 10.1 Å². The number of rotatable bonds is 3. The van der Waals surface area contributed by atoms with Crippen molar-refractivity contribution in [1.29, 1.82) is 0 Å². The number of benzene rings is 1. The Kier molecular flexibility index (Phi) is 3.93. The lowest BCUT2D eigenvalue weighted by molar-refractivity contribution is 0.0344. The Morgan fingerprint density at radius 2 is 2.08 bits per heavy atom. The predicted octanol–water partition coefficient (Wildman–Crippen LogP) is 2.30. The van der Waals surface area contributed by atoms with Crippen LogP contribution in [0.4, 0.5) is 4.39 Å². The van der Waals surface area contributed by atoms with Crippen LogP contribution in [0.2, 0.25) is 0 Å². The minimum atomic E-state index is -0.639. The largest absolute Gasteiger partial charge is 0.381 e. The zero-order valence-electron chi connectivity index (χ0n) is 13.5. The smallest absolute Gasteiger partial charge is 0.253 e. The second-order valence-electron chi connectivity index (χ2n) is 6.17. The van der Waals surface area contributed by atoms with E-state index in [0.29, 0.717) is 37.3 Å². The van der Waals surface area contributed by atoms with Gasteiger partial charge >= 0.3 is 0 Å². The van der Waals surface area contributed by atoms with Gasteiger partial charge in [-0.05, 0) is 42.7 Å². The Labute approximate surface area is 143 Å². The normalized spacial score (nSPS) is 16.7. The Morgan fingerprint density at radius 1 is 1.24 bits per heavy atom. The number of halogens is 1. The molecule has 3 aromatic rings. The van der Waals surface area contributed by atoms with Gasteiger partial charge in [0.15, 0.2) is 5.65 Å². The molecule has 0 bridgehead atoms. The van der Waals surface area contributed by atoms with E-state index in [-0.39, 0.29) is 11.7 Å². The van der Waals surface area contributed by atoms with Crippen LogP contribution in [0.15, 0.2) is 48.9 Å². The zero-order chi connectivity index (χ0) is 17.3. The summed E-state index contributed by atoms with van der Waals surface area (Å²) in [6, 6.07) is 9.83. The van der Waals surface area contributed by atoms with Crippen LogP contribution in [0.5, 0.6) is 0 Å². The van der Waals surface area contributed by atoms with Crippen molar-refractivity contribution < 1.29 is 13.9 Å². The standard InChI is InChI=1S/C18H17FN4O2/c19-15-3-1-2-14(10-15)18(6-8-25-9-7-18)21-17(24)13-4-5-16-22-20-12-23(16)11-13/h1-5,10-12H,6-9H2,(H,21,24). The highest BCUT2D eigenvalue weighted by Crippen LogP contribution is 2.33. The Bertz CT molecular complexity index is 918. The average molecular weight is 340 g/mol. The Balaban J connectivity index is 1.67. The van der Waals surface area contributed by atoms with E-state index in [9.17, 15) is 9.18 Å². The number of amides is 1. The highest BCUT2D eigenvalue weighted by Gasteiger charge is 2.36. The summed E-state index contributed by atoms with van der Waals surface area (Å²) in [6.07, 6.45) is 4.42. The SMILES string of the molecule is O=C(NC1(c2cccc(F)c2)CCOCC1)c1ccc2nncn2c1. The van der Waals surface area contributed by atoms with Crippen molar-refractivity contribution in [1.82, 2.24) is 19.9 Å². The van der Waals surface area contributed by atoms with Gasteiger partial charge in [0.25, 0.3) is 5.91 Å². The summed E-state index contributed by atoms with van der Waals surface area (Å²) in [7, 11) is 0. The fourth-order valence-electron chi connectivity index (χ4n) is 3.24. The number of fused-ring (bicyclic) bond motifs is 1. The van der Waals surface area contributed by atoms with Crippen LogP contribution in [-0.2, 0) is 10.3 Å². The maximum absolute atomic E-state index is 13.7. The summed E-state index contributed by atoms with van der Waals surface area (Å²) < 4.78 is 20.9. The second kappa shape index (κ2) is 6.25. The van der Waals surface area contributed by atoms with Gasteiger partial charge in [0.2, 0.25) is 0 Å². The van der Waals surface area contributed by atoms with E-state index in [1.54, 1.807) is 35.1 Å². The topological polar surface area (TPSA) is 68.5 Å². The molecule has 1 aromatic carbocycles. The summed E-state index contributed by atoms with van der Waals surface area (Å²) in [5, 5.41) is 10.8. The van der Waals surface area contributed by atoms with E-state index in [0.717, 1.165) is 5.56 Å². The fourth-order valence-corrected chi connectivity index (χ4v) is 3.24. The van der Waals surface area contributed by atoms with E-state index < -0.39 is 5.54 Å². The van der Waals surface area contributed by atoms with Gasteiger partial charge in [0.05, 0.1) is 11.1 Å². The minimum absolute atomic E-state index is 0.221. The predicted molar refractivity (Wildman–Crippen MR) is 88.6 cm³/mol. The first-order valence-corrected chi connectivity index (χ1v) is 8.12. The quantitative estimate of drug-likeness (QED) is 0.794. The Hall–Kier alpha value is -2.80. The summed E-state index contributed by atoms with van der Waals surface area (Å²) in [5.41, 5.74) is 1.28. The lowest BCUT2D eigenvalue weighted by atomic mass is 9.82. The summed E-state index contributed by atoms with van der Waals surface area (Å²) in [4.78, 5) is 12.8. The first-order chi connectivity index (χ1) is 12.2. The van der Waals surface area contributed by atoms with Crippen molar-refractivity contribution in [3.05, 3.63) is 65.9 Å². The van der Waals surface area contributed by atoms with Crippen LogP contribution in [0.1, 0.15) is 28.8 Å². The second-order valence-corrected chi connectivity index (χ2v) is 6.17. The van der Waals surface area contributed by atoms with Crippen LogP contribution in [0.3, 0.4) is 0 Å². The van der Waals surface area contributed by atoms with Crippen molar-refractivity contribution in [3.8, 4) is 0 Å². The Morgan fingerprint density at radius 3 is 2.88 bits per heavy atom. The van der Waals surface area contributed by atoms with Crippen molar-refractivity contribution in [2.45, 2.75) is 18.4 Å². The molecule has 0 spiro atoms. The molecule has 1 saturated heterocycles. The number of nitrogens with one attached hydrogen (secondary N) is 1. The van der Waals surface area contributed by atoms with Gasteiger partial charge in [-0.15, -0.1) is 10.2 Å². The first-order valence-electron chi connectivity index (χ1n) is 8.12. The maximum Gasteiger partial charge on any atom is 0.253 e. The third-order valence-corrected chi connectivity index (χ3v) is 4.63. The molecule has 1 aliphatic rings. The molecule has 0 saturated carbocycles. The molecule has 25 heavy (non-hydrogen) atoms. The van der Waals surface area contributed by atoms with Crippen molar-refractivity contribution in [2.24, 2.45) is 0 Å². The molecule has 128 valence electrons. The molecule has 4 rings (SSSR count). The minimum Gasteiger partial charge on any atom is -0.381 e. The molecule has 1 amide bonds. The van der Waals surface area contributed by atoms with Crippen LogP contribution < -0.4 is 5.32 Å². The van der Waals surface area contributed by atoms with Crippen molar-refractivity contribution in [3.63, 3.8) is 0 Å². The first kappa shape index (κ1) is 15.7. The van der Waals surface area contributed by atoms with Crippen molar-refractivity contribution in [2.75, 3.05) is 13.2 Å². The molecule has 0 atom stereocenters. The van der Waals surface area contributed by atoms with Gasteiger partial charge in [-0.25, -0.2) is 4.39 Å². The lowest BCUT2D eigenvalue weighted by Crippen LogP contribution is -2.49. The molecule has 1 fully saturated rings. The molecular weight excluding hydrogens is 323 g/mol. The van der Waals surface area contributed by atoms with E-state index in [2.05, 4.69) is 15.5 Å². The van der Waals surface area contributed by atoms with E-state index >= 15 is 0 Å². The van der Waals surface area contributed by atoms with Crippen LogP contribution in [0.25, 0.3) is 5.65 Å². The van der Waals surface area contributed by atoms with Gasteiger partial charge in [0, 0.05) is 19.4 Å². The van der Waals surface area contributed by atoms with E-state index in [1.807, 2.05) is 6.07 Å². The fraction of sp³-hybridized carbons (Fsp3) is 0.278. The van der Waals surface area contributed by atoms with E-state index in [4.69, 9.17) is 4.74 Å². The molecule has 3 heterocycles. The molecule has 0 radical (unpaired) electrons. The highest BCUT2D eigenvalue weighted by atomic mass is 19.1. The third kappa shape index (κ3) is 2.98.